The first-order valence-electron chi connectivity index (χ1n) is 11.9. The van der Waals surface area contributed by atoms with Crippen LogP contribution in [0.5, 0.6) is 11.5 Å². The third kappa shape index (κ3) is 4.47. The molecule has 0 N–H and O–H groups in total. The number of hydrogen-bond acceptors (Lipinski definition) is 8. The molecule has 0 saturated carbocycles. The Kier molecular flexibility index (Phi) is 6.68. The molecule has 0 fully saturated rings. The first-order chi connectivity index (χ1) is 17.6. The minimum absolute atomic E-state index is 0.141. The van der Waals surface area contributed by atoms with Crippen molar-refractivity contribution in [3.8, 4) is 11.5 Å². The number of nitro groups is 1. The smallest absolute Gasteiger partial charge is 0.333 e. The molecule has 1 atom stereocenters. The van der Waals surface area contributed by atoms with Gasteiger partial charge in [0.25, 0.3) is 5.69 Å². The molecule has 0 bridgehead atoms. The van der Waals surface area contributed by atoms with Gasteiger partial charge < -0.3 is 19.1 Å². The molecule has 0 aromatic heterocycles. The molecule has 0 aliphatic carbocycles. The molecule has 4 rings (SSSR count). The van der Waals surface area contributed by atoms with E-state index in [1.165, 1.54) is 19.1 Å². The van der Waals surface area contributed by atoms with Crippen molar-refractivity contribution in [2.75, 3.05) is 11.9 Å². The second-order valence-corrected chi connectivity index (χ2v) is 12.5. The van der Waals surface area contributed by atoms with Crippen molar-refractivity contribution >= 4 is 45.3 Å². The van der Waals surface area contributed by atoms with Crippen molar-refractivity contribution in [2.45, 2.75) is 56.7 Å². The second kappa shape index (κ2) is 9.27. The molecule has 2 aliphatic heterocycles. The van der Waals surface area contributed by atoms with Crippen LogP contribution in [0.15, 0.2) is 48.6 Å². The minimum Gasteiger partial charge on any atom is -0.462 e. The van der Waals surface area contributed by atoms with E-state index in [4.69, 9.17) is 14.2 Å². The minimum atomic E-state index is -1.02. The standard InChI is InChI=1S/C28H29BrN2O7/c1-16(2)24(32)36-15-18-13-19(31(34)35)12-17-10-11-28(38-23(17)18)26(3,4)21-14-20(8-9-22(21)30(28)7)37-25(33)27(5,6)29/h8-14H,1,15H2,2-7H3. The summed E-state index contributed by atoms with van der Waals surface area (Å²) in [7, 11) is 1.89. The Morgan fingerprint density at radius 2 is 1.92 bits per heavy atom. The number of carbonyl (C=O) groups is 2. The SMILES string of the molecule is C=C(C)C(=O)OCc1cc([N+](=O)[O-])cc2c1OC1(C=C2)N(C)c2ccc(OC(=O)C(C)(C)Br)cc2C1(C)C. The topological polar surface area (TPSA) is 108 Å². The number of rotatable bonds is 6. The molecule has 0 amide bonds. The van der Waals surface area contributed by atoms with Gasteiger partial charge in [-0.1, -0.05) is 22.5 Å². The van der Waals surface area contributed by atoms with Gasteiger partial charge in [-0.25, -0.2) is 4.79 Å². The van der Waals surface area contributed by atoms with E-state index in [0.717, 1.165) is 11.3 Å². The number of nitro benzene ring substituents is 1. The number of alkyl halides is 1. The first-order valence-corrected chi connectivity index (χ1v) is 12.7. The highest BCUT2D eigenvalue weighted by molar-refractivity contribution is 9.10. The molecular weight excluding hydrogens is 556 g/mol. The molecule has 0 saturated heterocycles. The van der Waals surface area contributed by atoms with Gasteiger partial charge in [-0.2, -0.15) is 0 Å². The van der Waals surface area contributed by atoms with E-state index in [1.54, 1.807) is 26.0 Å². The Morgan fingerprint density at radius 1 is 1.24 bits per heavy atom. The van der Waals surface area contributed by atoms with Crippen LogP contribution in [0, 0.1) is 10.1 Å². The molecule has 2 heterocycles. The number of non-ortho nitro benzene ring substituents is 1. The van der Waals surface area contributed by atoms with Crippen LogP contribution in [0.2, 0.25) is 0 Å². The predicted molar refractivity (Wildman–Crippen MR) is 147 cm³/mol. The molecule has 38 heavy (non-hydrogen) atoms. The molecular formula is C28H29BrN2O7. The van der Waals surface area contributed by atoms with Crippen molar-refractivity contribution in [2.24, 2.45) is 0 Å². The van der Waals surface area contributed by atoms with Gasteiger partial charge in [-0.05, 0) is 70.5 Å². The van der Waals surface area contributed by atoms with Crippen molar-refractivity contribution in [3.05, 3.63) is 75.4 Å². The average Bonchev–Trinajstić information content (AvgIpc) is 2.99. The zero-order valence-corrected chi connectivity index (χ0v) is 23.7. The van der Waals surface area contributed by atoms with Crippen LogP contribution in [0.1, 0.15) is 51.3 Å². The lowest BCUT2D eigenvalue weighted by Crippen LogP contribution is -2.58. The number of carbonyl (C=O) groups excluding carboxylic acids is 2. The Balaban J connectivity index is 1.76. The largest absolute Gasteiger partial charge is 0.462 e. The van der Waals surface area contributed by atoms with E-state index in [2.05, 4.69) is 22.5 Å². The highest BCUT2D eigenvalue weighted by atomic mass is 79.9. The predicted octanol–water partition coefficient (Wildman–Crippen LogP) is 5.82. The van der Waals surface area contributed by atoms with Gasteiger partial charge in [0, 0.05) is 41.6 Å². The van der Waals surface area contributed by atoms with Crippen LogP contribution in [-0.2, 0) is 26.3 Å². The molecule has 2 aliphatic rings. The summed E-state index contributed by atoms with van der Waals surface area (Å²) < 4.78 is 16.8. The number of nitrogens with zero attached hydrogens (tertiary/aromatic N) is 2. The van der Waals surface area contributed by atoms with E-state index in [9.17, 15) is 19.7 Å². The Labute approximate surface area is 229 Å². The van der Waals surface area contributed by atoms with Gasteiger partial charge in [0.05, 0.1) is 10.3 Å². The second-order valence-electron chi connectivity index (χ2n) is 10.5. The number of ether oxygens (including phenoxy) is 3. The fourth-order valence-electron chi connectivity index (χ4n) is 4.72. The fraction of sp³-hybridized carbons (Fsp3) is 0.357. The molecule has 9 nitrogen and oxygen atoms in total. The van der Waals surface area contributed by atoms with Crippen molar-refractivity contribution in [1.29, 1.82) is 0 Å². The normalized spacial score (nSPS) is 18.9. The first kappa shape index (κ1) is 27.4. The van der Waals surface area contributed by atoms with Gasteiger partial charge >= 0.3 is 11.9 Å². The number of fused-ring (bicyclic) bond motifs is 2. The number of hydrogen-bond donors (Lipinski definition) is 0. The van der Waals surface area contributed by atoms with Crippen LogP contribution in [0.4, 0.5) is 11.4 Å². The highest BCUT2D eigenvalue weighted by Crippen LogP contribution is 2.55. The van der Waals surface area contributed by atoms with Gasteiger partial charge in [0.1, 0.15) is 22.4 Å². The van der Waals surface area contributed by atoms with Crippen LogP contribution in [0.25, 0.3) is 6.08 Å². The molecule has 1 spiro atoms. The summed E-state index contributed by atoms with van der Waals surface area (Å²) in [5, 5.41) is 11.6. The van der Waals surface area contributed by atoms with Crippen LogP contribution < -0.4 is 14.4 Å². The van der Waals surface area contributed by atoms with Crippen LogP contribution in [-0.4, -0.2) is 34.0 Å². The number of halogens is 1. The maximum Gasteiger partial charge on any atom is 0.333 e. The van der Waals surface area contributed by atoms with Crippen molar-refractivity contribution < 1.29 is 28.7 Å². The highest BCUT2D eigenvalue weighted by Gasteiger charge is 2.58. The van der Waals surface area contributed by atoms with E-state index in [1.807, 2.05) is 44.0 Å². The monoisotopic (exact) mass is 584 g/mol. The molecule has 0 radical (unpaired) electrons. The van der Waals surface area contributed by atoms with Crippen molar-refractivity contribution in [3.63, 3.8) is 0 Å². The summed E-state index contributed by atoms with van der Waals surface area (Å²) in [6.07, 6.45) is 3.66. The summed E-state index contributed by atoms with van der Waals surface area (Å²) in [6, 6.07) is 8.21. The lowest BCUT2D eigenvalue weighted by Gasteiger charge is -2.46. The maximum absolute atomic E-state index is 12.5. The lowest BCUT2D eigenvalue weighted by atomic mass is 9.76. The summed E-state index contributed by atoms with van der Waals surface area (Å²) in [4.78, 5) is 37.6. The fourth-order valence-corrected chi connectivity index (χ4v) is 4.80. The van der Waals surface area contributed by atoms with E-state index in [0.29, 0.717) is 22.6 Å². The molecule has 2 aromatic rings. The zero-order chi connectivity index (χ0) is 28.2. The quantitative estimate of drug-likeness (QED) is 0.104. The number of likely N-dealkylation sites (N-methyl/N-ethyl adjacent to an activating group) is 1. The van der Waals surface area contributed by atoms with Gasteiger partial charge in [-0.3, -0.25) is 14.9 Å². The molecule has 10 heteroatoms. The number of esters is 2. The Hall–Kier alpha value is -3.66. The molecule has 1 unspecified atom stereocenters. The zero-order valence-electron chi connectivity index (χ0n) is 22.1. The van der Waals surface area contributed by atoms with E-state index < -0.39 is 32.3 Å². The third-order valence-corrected chi connectivity index (χ3v) is 7.26. The summed E-state index contributed by atoms with van der Waals surface area (Å²) in [5.74, 6) is -0.239. The Morgan fingerprint density at radius 3 is 2.53 bits per heavy atom. The van der Waals surface area contributed by atoms with Crippen molar-refractivity contribution in [1.82, 2.24) is 0 Å². The number of anilines is 1. The average molecular weight is 585 g/mol. The summed E-state index contributed by atoms with van der Waals surface area (Å²) >= 11 is 3.33. The third-order valence-electron chi connectivity index (χ3n) is 6.94. The van der Waals surface area contributed by atoms with E-state index in [-0.39, 0.29) is 17.9 Å². The Bertz CT molecular complexity index is 1410. The molecule has 2 aromatic carbocycles. The van der Waals surface area contributed by atoms with Crippen LogP contribution in [0.3, 0.4) is 0 Å². The van der Waals surface area contributed by atoms with E-state index >= 15 is 0 Å². The summed E-state index contributed by atoms with van der Waals surface area (Å²) in [6.45, 7) is 12.3. The van der Waals surface area contributed by atoms with Crippen LogP contribution >= 0.6 is 15.9 Å². The van der Waals surface area contributed by atoms with Gasteiger partial charge in [0.2, 0.25) is 5.72 Å². The van der Waals surface area contributed by atoms with Gasteiger partial charge in [-0.15, -0.1) is 0 Å². The molecule has 200 valence electrons. The maximum atomic E-state index is 12.5. The summed E-state index contributed by atoms with van der Waals surface area (Å²) in [5.41, 5.74) is 1.02. The van der Waals surface area contributed by atoms with Gasteiger partial charge in [0.15, 0.2) is 0 Å². The number of benzene rings is 2. The lowest BCUT2D eigenvalue weighted by molar-refractivity contribution is -0.385.